The summed E-state index contributed by atoms with van der Waals surface area (Å²) in [5.74, 6) is -0.219. The zero-order chi connectivity index (χ0) is 19.2. The van der Waals surface area contributed by atoms with E-state index in [0.29, 0.717) is 12.1 Å². The predicted molar refractivity (Wildman–Crippen MR) is 93.1 cm³/mol. The molecule has 9 heteroatoms. The Morgan fingerprint density at radius 3 is 2.59 bits per heavy atom. The SMILES string of the molecule is O=C(Cc1nonc1C(=Nc1ccc(F)cc1)NO)CC1CCC(O)CC1. The molecule has 1 aromatic carbocycles. The van der Waals surface area contributed by atoms with E-state index in [1.807, 2.05) is 5.48 Å². The van der Waals surface area contributed by atoms with Crippen LogP contribution in [0, 0.1) is 11.7 Å². The van der Waals surface area contributed by atoms with Crippen molar-refractivity contribution in [3.8, 4) is 0 Å². The van der Waals surface area contributed by atoms with Crippen LogP contribution in [0.25, 0.3) is 0 Å². The molecule has 0 saturated heterocycles. The second kappa shape index (κ2) is 8.83. The van der Waals surface area contributed by atoms with Crippen LogP contribution in [0.5, 0.6) is 0 Å². The number of nitrogens with one attached hydrogen (secondary N) is 1. The number of rotatable bonds is 6. The lowest BCUT2D eigenvalue weighted by molar-refractivity contribution is -0.119. The largest absolute Gasteiger partial charge is 0.393 e. The highest BCUT2D eigenvalue weighted by molar-refractivity contribution is 5.99. The van der Waals surface area contributed by atoms with Gasteiger partial charge in [0.05, 0.1) is 18.2 Å². The number of carbonyl (C=O) groups is 1. The monoisotopic (exact) mass is 376 g/mol. The third-order valence-electron chi connectivity index (χ3n) is 4.65. The molecule has 144 valence electrons. The number of ketones is 1. The van der Waals surface area contributed by atoms with Crippen LogP contribution in [0.2, 0.25) is 0 Å². The maximum absolute atomic E-state index is 13.0. The fraction of sp³-hybridized carbons (Fsp3) is 0.444. The number of carbonyl (C=O) groups excluding carboxylic acids is 1. The Morgan fingerprint density at radius 2 is 1.93 bits per heavy atom. The van der Waals surface area contributed by atoms with Crippen molar-refractivity contribution in [2.75, 3.05) is 0 Å². The number of aromatic nitrogens is 2. The zero-order valence-electron chi connectivity index (χ0n) is 14.6. The van der Waals surface area contributed by atoms with Gasteiger partial charge >= 0.3 is 0 Å². The average Bonchev–Trinajstić information content (AvgIpc) is 3.11. The molecule has 1 heterocycles. The Bertz CT molecular complexity index is 798. The summed E-state index contributed by atoms with van der Waals surface area (Å²) in [7, 11) is 0. The van der Waals surface area contributed by atoms with E-state index < -0.39 is 5.82 Å². The molecule has 1 fully saturated rings. The lowest BCUT2D eigenvalue weighted by atomic mass is 9.84. The maximum atomic E-state index is 13.0. The summed E-state index contributed by atoms with van der Waals surface area (Å²) < 4.78 is 17.7. The number of nitrogens with zero attached hydrogens (tertiary/aromatic N) is 3. The summed E-state index contributed by atoms with van der Waals surface area (Å²) in [6.45, 7) is 0. The third kappa shape index (κ3) is 5.18. The fourth-order valence-corrected chi connectivity index (χ4v) is 3.21. The highest BCUT2D eigenvalue weighted by Crippen LogP contribution is 2.27. The van der Waals surface area contributed by atoms with Crippen LogP contribution in [0.15, 0.2) is 33.9 Å². The highest BCUT2D eigenvalue weighted by atomic mass is 19.1. The second-order valence-corrected chi connectivity index (χ2v) is 6.70. The Morgan fingerprint density at radius 1 is 1.22 bits per heavy atom. The molecule has 0 bridgehead atoms. The van der Waals surface area contributed by atoms with Gasteiger partial charge in [-0.05, 0) is 61.0 Å². The number of hydrogen-bond donors (Lipinski definition) is 3. The van der Waals surface area contributed by atoms with Crippen molar-refractivity contribution in [1.82, 2.24) is 15.8 Å². The molecule has 1 aromatic heterocycles. The van der Waals surface area contributed by atoms with Crippen molar-refractivity contribution in [1.29, 1.82) is 0 Å². The van der Waals surface area contributed by atoms with Gasteiger partial charge in [0.1, 0.15) is 17.3 Å². The first-order chi connectivity index (χ1) is 13.0. The first-order valence-corrected chi connectivity index (χ1v) is 8.81. The number of benzene rings is 1. The Balaban J connectivity index is 1.68. The quantitative estimate of drug-likeness (QED) is 0.402. The van der Waals surface area contributed by atoms with Crippen LogP contribution in [0.1, 0.15) is 43.5 Å². The molecule has 0 amide bonds. The van der Waals surface area contributed by atoms with Crippen molar-refractivity contribution in [2.45, 2.75) is 44.6 Å². The summed E-state index contributed by atoms with van der Waals surface area (Å²) in [6.07, 6.45) is 3.23. The van der Waals surface area contributed by atoms with Crippen LogP contribution >= 0.6 is 0 Å². The average molecular weight is 376 g/mol. The molecule has 27 heavy (non-hydrogen) atoms. The smallest absolute Gasteiger partial charge is 0.182 e. The van der Waals surface area contributed by atoms with Crippen molar-refractivity contribution in [3.05, 3.63) is 41.5 Å². The highest BCUT2D eigenvalue weighted by Gasteiger charge is 2.24. The molecule has 0 spiro atoms. The van der Waals surface area contributed by atoms with E-state index >= 15 is 0 Å². The van der Waals surface area contributed by atoms with E-state index in [9.17, 15) is 19.5 Å². The van der Waals surface area contributed by atoms with Crippen molar-refractivity contribution >= 4 is 17.3 Å². The van der Waals surface area contributed by atoms with Gasteiger partial charge in [-0.2, -0.15) is 0 Å². The standard InChI is InChI=1S/C18H21FN4O4/c19-12-3-5-13(6-4-12)20-18(21-26)17-16(22-27-23-17)10-15(25)9-11-1-7-14(24)8-2-11/h3-6,11,14,24,26H,1-2,7-10H2,(H,20,21). The van der Waals surface area contributed by atoms with E-state index in [-0.39, 0.29) is 41.4 Å². The molecule has 3 rings (SSSR count). The number of aliphatic hydroxyl groups excluding tert-OH is 1. The zero-order valence-corrected chi connectivity index (χ0v) is 14.6. The molecular formula is C18H21FN4O4. The van der Waals surface area contributed by atoms with Crippen molar-refractivity contribution in [2.24, 2.45) is 10.9 Å². The molecule has 3 N–H and O–H groups in total. The number of halogens is 1. The van der Waals surface area contributed by atoms with Crippen LogP contribution < -0.4 is 5.48 Å². The van der Waals surface area contributed by atoms with Gasteiger partial charge in [0.2, 0.25) is 0 Å². The number of hydroxylamine groups is 1. The van der Waals surface area contributed by atoms with Gasteiger partial charge in [0, 0.05) is 6.42 Å². The lowest BCUT2D eigenvalue weighted by Gasteiger charge is -2.24. The molecule has 0 unspecified atom stereocenters. The van der Waals surface area contributed by atoms with E-state index in [1.165, 1.54) is 24.3 Å². The summed E-state index contributed by atoms with van der Waals surface area (Å²) >= 11 is 0. The molecule has 8 nitrogen and oxygen atoms in total. The molecule has 0 atom stereocenters. The van der Waals surface area contributed by atoms with Crippen molar-refractivity contribution in [3.63, 3.8) is 0 Å². The van der Waals surface area contributed by atoms with Crippen LogP contribution in [-0.4, -0.2) is 38.3 Å². The number of hydrogen-bond acceptors (Lipinski definition) is 7. The fourth-order valence-electron chi connectivity index (χ4n) is 3.21. The van der Waals surface area contributed by atoms with Gasteiger partial charge in [-0.15, -0.1) is 0 Å². The predicted octanol–water partition coefficient (Wildman–Crippen LogP) is 2.32. The minimum atomic E-state index is -0.405. The van der Waals surface area contributed by atoms with E-state index in [0.717, 1.165) is 25.7 Å². The van der Waals surface area contributed by atoms with Gasteiger partial charge in [0.25, 0.3) is 0 Å². The summed E-state index contributed by atoms with van der Waals surface area (Å²) in [6, 6.07) is 5.34. The van der Waals surface area contributed by atoms with Crippen LogP contribution in [-0.2, 0) is 11.2 Å². The third-order valence-corrected chi connectivity index (χ3v) is 4.65. The Hall–Kier alpha value is -2.65. The van der Waals surface area contributed by atoms with Crippen LogP contribution in [0.4, 0.5) is 10.1 Å². The number of Topliss-reactive ketones (excluding diaryl/α,β-unsaturated/α-hetero) is 1. The number of aliphatic imine (C=N–C) groups is 1. The molecule has 0 radical (unpaired) electrons. The van der Waals surface area contributed by atoms with Crippen LogP contribution in [0.3, 0.4) is 0 Å². The minimum absolute atomic E-state index is 0.00199. The molecule has 1 aliphatic carbocycles. The van der Waals surface area contributed by atoms with Gasteiger partial charge in [-0.1, -0.05) is 5.16 Å². The normalized spacial score (nSPS) is 20.5. The molecule has 2 aromatic rings. The summed E-state index contributed by atoms with van der Waals surface area (Å²) in [4.78, 5) is 16.5. The van der Waals surface area contributed by atoms with Gasteiger partial charge in [-0.25, -0.2) is 14.0 Å². The van der Waals surface area contributed by atoms with Gasteiger partial charge in [0.15, 0.2) is 11.5 Å². The van der Waals surface area contributed by atoms with E-state index in [4.69, 9.17) is 4.63 Å². The lowest BCUT2D eigenvalue weighted by Crippen LogP contribution is -2.24. The van der Waals surface area contributed by atoms with Crippen molar-refractivity contribution < 1.29 is 24.1 Å². The summed E-state index contributed by atoms with van der Waals surface area (Å²) in [5.41, 5.74) is 2.69. The van der Waals surface area contributed by atoms with Gasteiger partial charge in [-0.3, -0.25) is 15.5 Å². The molecule has 0 aliphatic heterocycles. The molecular weight excluding hydrogens is 355 g/mol. The number of amidine groups is 1. The molecule has 1 saturated carbocycles. The first-order valence-electron chi connectivity index (χ1n) is 8.81. The van der Waals surface area contributed by atoms with E-state index in [1.54, 1.807) is 0 Å². The van der Waals surface area contributed by atoms with Gasteiger partial charge < -0.3 is 5.11 Å². The second-order valence-electron chi connectivity index (χ2n) is 6.70. The first kappa shape index (κ1) is 19.1. The maximum Gasteiger partial charge on any atom is 0.182 e. The minimum Gasteiger partial charge on any atom is -0.393 e. The molecule has 1 aliphatic rings. The number of aliphatic hydroxyl groups is 1. The Kier molecular flexibility index (Phi) is 6.25. The van der Waals surface area contributed by atoms with E-state index in [2.05, 4.69) is 15.3 Å². The summed E-state index contributed by atoms with van der Waals surface area (Å²) in [5, 5.41) is 26.4. The Labute approximate surface area is 155 Å². The topological polar surface area (TPSA) is 121 Å².